The Kier molecular flexibility index (Phi) is 5.42. The Hall–Kier alpha value is -2.35. The van der Waals surface area contributed by atoms with Crippen LogP contribution >= 0.6 is 0 Å². The van der Waals surface area contributed by atoms with Crippen molar-refractivity contribution >= 4 is 36.0 Å². The van der Waals surface area contributed by atoms with E-state index in [1.165, 1.54) is 25.6 Å². The van der Waals surface area contributed by atoms with Gasteiger partial charge in [-0.1, -0.05) is 0 Å². The Bertz CT molecular complexity index is 1030. The average Bonchev–Trinajstić information content (AvgIpc) is 3.07. The van der Waals surface area contributed by atoms with Crippen LogP contribution in [0.5, 0.6) is 0 Å². The maximum atomic E-state index is 2.44. The first-order valence-electron chi connectivity index (χ1n) is 9.52. The number of aromatic nitrogens is 1. The van der Waals surface area contributed by atoms with E-state index in [1.54, 1.807) is 0 Å². The van der Waals surface area contributed by atoms with Crippen LogP contribution in [0.2, 0.25) is 0 Å². The molecule has 0 bridgehead atoms. The van der Waals surface area contributed by atoms with Gasteiger partial charge >= 0.3 is 168 Å². The van der Waals surface area contributed by atoms with Gasteiger partial charge in [-0.05, 0) is 0 Å². The minimum absolute atomic E-state index is 0.409. The standard InChI is InChI=1S/C24H25N2Se/c1-3-26-22-14-9-10-15-23(22)27-24(26)16-6-4-5-11-19-17-18-25(2)21-13-8-7-12-20(19)21/h4-10,12-19H,3,11H2,1-2H3/q+1/b5-4+,16-6+. The molecule has 1 aliphatic rings. The van der Waals surface area contributed by atoms with Crippen LogP contribution < -0.4 is 9.47 Å². The van der Waals surface area contributed by atoms with Crippen molar-refractivity contribution in [3.05, 3.63) is 89.2 Å². The van der Waals surface area contributed by atoms with Gasteiger partial charge in [0.05, 0.1) is 0 Å². The van der Waals surface area contributed by atoms with E-state index < -0.39 is 0 Å². The summed E-state index contributed by atoms with van der Waals surface area (Å²) in [6.07, 6.45) is 14.5. The molecule has 0 N–H and O–H groups in total. The molecule has 3 heteroatoms. The van der Waals surface area contributed by atoms with Crippen molar-refractivity contribution in [2.24, 2.45) is 0 Å². The van der Waals surface area contributed by atoms with Crippen molar-refractivity contribution in [3.63, 3.8) is 0 Å². The van der Waals surface area contributed by atoms with Gasteiger partial charge < -0.3 is 0 Å². The quantitative estimate of drug-likeness (QED) is 0.323. The van der Waals surface area contributed by atoms with Crippen molar-refractivity contribution in [2.45, 2.75) is 25.8 Å². The zero-order chi connectivity index (χ0) is 18.6. The molecule has 0 spiro atoms. The van der Waals surface area contributed by atoms with Gasteiger partial charge in [0, 0.05) is 0 Å². The fourth-order valence-corrected chi connectivity index (χ4v) is 6.08. The van der Waals surface area contributed by atoms with E-state index in [-0.39, 0.29) is 0 Å². The van der Waals surface area contributed by atoms with E-state index in [1.807, 2.05) is 0 Å². The van der Waals surface area contributed by atoms with Crippen molar-refractivity contribution in [3.8, 4) is 0 Å². The summed E-state index contributed by atoms with van der Waals surface area (Å²) < 4.78 is 5.37. The molecule has 1 unspecified atom stereocenters. The molecule has 136 valence electrons. The number of allylic oxidation sites excluding steroid dienone is 4. The summed E-state index contributed by atoms with van der Waals surface area (Å²) in [6, 6.07) is 17.5. The SMILES string of the molecule is CC[n+]1c(/C=C/C=C/CC2C=CN(C)c3ccccc32)[se]c2ccccc21. The van der Waals surface area contributed by atoms with E-state index in [0.29, 0.717) is 20.4 Å². The van der Waals surface area contributed by atoms with Crippen LogP contribution in [0.1, 0.15) is 29.4 Å². The zero-order valence-electron chi connectivity index (χ0n) is 15.9. The Labute approximate surface area is 167 Å². The number of benzene rings is 2. The first kappa shape index (κ1) is 18.0. The molecule has 1 aromatic heterocycles. The minimum atomic E-state index is 0.409. The number of anilines is 1. The molecule has 27 heavy (non-hydrogen) atoms. The summed E-state index contributed by atoms with van der Waals surface area (Å²) in [5.41, 5.74) is 4.11. The molecule has 0 saturated heterocycles. The molecule has 2 heterocycles. The third-order valence-corrected chi connectivity index (χ3v) is 7.46. The summed E-state index contributed by atoms with van der Waals surface area (Å²) in [6.45, 7) is 3.26. The number of hydrogen-bond donors (Lipinski definition) is 0. The van der Waals surface area contributed by atoms with Gasteiger partial charge in [0.1, 0.15) is 0 Å². The summed E-state index contributed by atoms with van der Waals surface area (Å²) >= 11 is 0.409. The number of aryl methyl sites for hydroxylation is 1. The van der Waals surface area contributed by atoms with Crippen LogP contribution in [-0.2, 0) is 6.54 Å². The second-order valence-electron chi connectivity index (χ2n) is 6.79. The summed E-state index contributed by atoms with van der Waals surface area (Å²) in [4.78, 5) is 2.20. The van der Waals surface area contributed by atoms with Crippen LogP contribution in [0.25, 0.3) is 15.9 Å². The first-order valence-corrected chi connectivity index (χ1v) is 11.2. The molecule has 1 aliphatic heterocycles. The average molecular weight is 420 g/mol. The molecular weight excluding hydrogens is 395 g/mol. The Morgan fingerprint density at radius 2 is 1.89 bits per heavy atom. The fraction of sp³-hybridized carbons (Fsp3) is 0.208. The van der Waals surface area contributed by atoms with Gasteiger partial charge in [0.15, 0.2) is 0 Å². The van der Waals surface area contributed by atoms with E-state index in [4.69, 9.17) is 0 Å². The second-order valence-corrected chi connectivity index (χ2v) is 9.02. The third-order valence-electron chi connectivity index (χ3n) is 5.09. The van der Waals surface area contributed by atoms with Gasteiger partial charge in [-0.25, -0.2) is 0 Å². The predicted molar refractivity (Wildman–Crippen MR) is 116 cm³/mol. The van der Waals surface area contributed by atoms with Crippen LogP contribution in [0.4, 0.5) is 5.69 Å². The molecule has 0 radical (unpaired) electrons. The number of fused-ring (bicyclic) bond motifs is 2. The fourth-order valence-electron chi connectivity index (χ4n) is 3.69. The maximum absolute atomic E-state index is 2.44. The molecule has 0 amide bonds. The van der Waals surface area contributed by atoms with Crippen LogP contribution in [0, 0.1) is 0 Å². The van der Waals surface area contributed by atoms with Gasteiger partial charge in [-0.2, -0.15) is 0 Å². The third kappa shape index (κ3) is 3.71. The van der Waals surface area contributed by atoms with E-state index in [0.717, 1.165) is 13.0 Å². The molecule has 2 aromatic carbocycles. The monoisotopic (exact) mass is 421 g/mol. The van der Waals surface area contributed by atoms with E-state index >= 15 is 0 Å². The molecule has 0 saturated carbocycles. The van der Waals surface area contributed by atoms with Gasteiger partial charge in [-0.3, -0.25) is 0 Å². The molecule has 1 atom stereocenters. The Balaban J connectivity index is 1.47. The number of para-hydroxylation sites is 2. The van der Waals surface area contributed by atoms with Crippen LogP contribution in [-0.4, -0.2) is 21.6 Å². The summed E-state index contributed by atoms with van der Waals surface area (Å²) in [5, 5.41) is 0. The second kappa shape index (κ2) is 8.12. The molecule has 0 fully saturated rings. The number of nitrogens with zero attached hydrogens (tertiary/aromatic N) is 2. The normalized spacial score (nSPS) is 16.7. The van der Waals surface area contributed by atoms with Gasteiger partial charge in [-0.15, -0.1) is 0 Å². The number of rotatable bonds is 5. The predicted octanol–water partition coefficient (Wildman–Crippen LogP) is 4.91. The Morgan fingerprint density at radius 3 is 2.78 bits per heavy atom. The summed E-state index contributed by atoms with van der Waals surface area (Å²) in [5.74, 6) is 0.460. The van der Waals surface area contributed by atoms with E-state index in [2.05, 4.69) is 109 Å². The topological polar surface area (TPSA) is 7.12 Å². The van der Waals surface area contributed by atoms with Gasteiger partial charge in [0.2, 0.25) is 0 Å². The zero-order valence-corrected chi connectivity index (χ0v) is 17.6. The van der Waals surface area contributed by atoms with Crippen molar-refractivity contribution in [1.29, 1.82) is 0 Å². The van der Waals surface area contributed by atoms with Crippen LogP contribution in [0.3, 0.4) is 0 Å². The van der Waals surface area contributed by atoms with Crippen molar-refractivity contribution in [2.75, 3.05) is 11.9 Å². The molecular formula is C24H25N2Se+. The van der Waals surface area contributed by atoms with E-state index in [9.17, 15) is 0 Å². The molecule has 2 nitrogen and oxygen atoms in total. The summed E-state index contributed by atoms with van der Waals surface area (Å²) in [7, 11) is 2.11. The van der Waals surface area contributed by atoms with Crippen molar-refractivity contribution < 1.29 is 4.57 Å². The molecule has 0 aliphatic carbocycles. The molecule has 3 aromatic rings. The first-order chi connectivity index (χ1) is 13.3. The van der Waals surface area contributed by atoms with Crippen molar-refractivity contribution in [1.82, 2.24) is 0 Å². The van der Waals surface area contributed by atoms with Crippen LogP contribution in [0.15, 0.2) is 79.0 Å². The van der Waals surface area contributed by atoms with Gasteiger partial charge in [0.25, 0.3) is 0 Å². The molecule has 4 rings (SSSR count). The number of hydrogen-bond acceptors (Lipinski definition) is 1. The Morgan fingerprint density at radius 1 is 1.07 bits per heavy atom.